The van der Waals surface area contributed by atoms with Crippen LogP contribution >= 0.6 is 0 Å². The number of fused-ring (bicyclic) bond motifs is 1. The minimum Gasteiger partial charge on any atom is -0.545 e. The first-order valence-electron chi connectivity index (χ1n) is 10.3. The van der Waals surface area contributed by atoms with Crippen LogP contribution in [0.3, 0.4) is 0 Å². The Kier molecular flexibility index (Phi) is 8.65. The van der Waals surface area contributed by atoms with Crippen LogP contribution in [0, 0.1) is 0 Å². The van der Waals surface area contributed by atoms with E-state index < -0.39 is 5.97 Å². The molecule has 0 amide bonds. The van der Waals surface area contributed by atoms with Crippen molar-refractivity contribution in [2.75, 3.05) is 6.61 Å². The number of pyridine rings is 1. The first-order valence-corrected chi connectivity index (χ1v) is 10.3. The molecule has 2 aromatic heterocycles. The summed E-state index contributed by atoms with van der Waals surface area (Å²) >= 11 is 0. The molecule has 2 heterocycles. The van der Waals surface area contributed by atoms with Gasteiger partial charge in [-0.15, -0.1) is 0 Å². The molecule has 4 aromatic rings. The summed E-state index contributed by atoms with van der Waals surface area (Å²) in [6.45, 7) is 2.79. The zero-order chi connectivity index (χ0) is 22.3. The molecular formula is C25H22N3NaO4. The Morgan fingerprint density at radius 2 is 1.91 bits per heavy atom. The first kappa shape index (κ1) is 24.5. The van der Waals surface area contributed by atoms with Crippen molar-refractivity contribution in [2.24, 2.45) is 5.16 Å². The molecule has 0 spiro atoms. The molecule has 7 nitrogen and oxygen atoms in total. The molecule has 0 atom stereocenters. The number of ether oxygens (including phenoxy) is 1. The second-order valence-corrected chi connectivity index (χ2v) is 7.14. The molecule has 0 saturated carbocycles. The summed E-state index contributed by atoms with van der Waals surface area (Å²) in [6, 6.07) is 20.2. The summed E-state index contributed by atoms with van der Waals surface area (Å²) in [7, 11) is 0. The number of oxime groups is 1. The molecule has 0 aliphatic heterocycles. The fourth-order valence-electron chi connectivity index (χ4n) is 3.36. The van der Waals surface area contributed by atoms with E-state index in [1.165, 1.54) is 0 Å². The van der Waals surface area contributed by atoms with Crippen LogP contribution in [0.25, 0.3) is 10.9 Å². The summed E-state index contributed by atoms with van der Waals surface area (Å²) in [6.07, 6.45) is 4.06. The third kappa shape index (κ3) is 6.01. The molecule has 33 heavy (non-hydrogen) atoms. The van der Waals surface area contributed by atoms with E-state index in [-0.39, 0.29) is 35.1 Å². The number of carbonyl (C=O) groups excluding carboxylic acids is 1. The van der Waals surface area contributed by atoms with E-state index in [1.54, 1.807) is 30.6 Å². The van der Waals surface area contributed by atoms with Gasteiger partial charge in [0, 0.05) is 40.5 Å². The predicted molar refractivity (Wildman–Crippen MR) is 120 cm³/mol. The first-order chi connectivity index (χ1) is 15.7. The molecule has 0 radical (unpaired) electrons. The number of aromatic nitrogens is 2. The van der Waals surface area contributed by atoms with Gasteiger partial charge in [0.1, 0.15) is 18.1 Å². The molecule has 4 rings (SSSR count). The molecule has 0 aliphatic carbocycles. The van der Waals surface area contributed by atoms with Gasteiger partial charge in [0.05, 0.1) is 12.5 Å². The van der Waals surface area contributed by atoms with Crippen molar-refractivity contribution in [2.45, 2.75) is 19.9 Å². The summed E-state index contributed by atoms with van der Waals surface area (Å²) in [5.41, 5.74) is 2.34. The number of rotatable bonds is 9. The summed E-state index contributed by atoms with van der Waals surface area (Å²) in [5.74, 6) is -0.121. The number of carboxylic acid groups (broad SMARTS) is 1. The van der Waals surface area contributed by atoms with Crippen molar-refractivity contribution in [1.29, 1.82) is 0 Å². The van der Waals surface area contributed by atoms with Gasteiger partial charge < -0.3 is 24.0 Å². The van der Waals surface area contributed by atoms with E-state index in [0.29, 0.717) is 35.9 Å². The molecular weight excluding hydrogens is 429 g/mol. The van der Waals surface area contributed by atoms with Gasteiger partial charge in [-0.3, -0.25) is 0 Å². The summed E-state index contributed by atoms with van der Waals surface area (Å²) in [4.78, 5) is 21.3. The Labute approximate surface area is 214 Å². The van der Waals surface area contributed by atoms with Crippen molar-refractivity contribution in [3.8, 4) is 11.6 Å². The second kappa shape index (κ2) is 11.7. The van der Waals surface area contributed by atoms with Gasteiger partial charge in [-0.25, -0.2) is 4.98 Å². The fourth-order valence-corrected chi connectivity index (χ4v) is 3.36. The zero-order valence-corrected chi connectivity index (χ0v) is 20.6. The minimum atomic E-state index is -1.22. The van der Waals surface area contributed by atoms with Gasteiger partial charge in [-0.2, -0.15) is 0 Å². The topological polar surface area (TPSA) is 88.8 Å². The largest absolute Gasteiger partial charge is 1.00 e. The van der Waals surface area contributed by atoms with Crippen molar-refractivity contribution in [3.63, 3.8) is 0 Å². The van der Waals surface area contributed by atoms with Gasteiger partial charge in [0.25, 0.3) is 0 Å². The molecule has 162 valence electrons. The van der Waals surface area contributed by atoms with Crippen molar-refractivity contribution in [1.82, 2.24) is 9.55 Å². The monoisotopic (exact) mass is 451 g/mol. The number of carboxylic acids is 1. The van der Waals surface area contributed by atoms with Crippen LogP contribution in [-0.2, 0) is 11.4 Å². The van der Waals surface area contributed by atoms with Crippen LogP contribution in [0.15, 0.2) is 84.3 Å². The number of hydrogen-bond acceptors (Lipinski definition) is 6. The average Bonchev–Trinajstić information content (AvgIpc) is 3.18. The van der Waals surface area contributed by atoms with Crippen LogP contribution in [0.1, 0.15) is 29.3 Å². The SMILES string of the molecule is CCCO/N=C(\Cn1cc(C(=O)[O-])c2ccccc21)c1cccc(Oc2ccccn2)c1.[Na+]. The molecule has 0 aliphatic rings. The second-order valence-electron chi connectivity index (χ2n) is 7.14. The Balaban J connectivity index is 0.00000306. The number of benzene rings is 2. The van der Waals surface area contributed by atoms with Crippen molar-refractivity contribution < 1.29 is 49.0 Å². The Hall–Kier alpha value is -3.13. The van der Waals surface area contributed by atoms with Crippen molar-refractivity contribution >= 4 is 22.6 Å². The van der Waals surface area contributed by atoms with Crippen LogP contribution in [0.5, 0.6) is 11.6 Å². The summed E-state index contributed by atoms with van der Waals surface area (Å²) in [5, 5.41) is 16.6. The standard InChI is InChI=1S/C25H23N3O4.Na/c1-2-14-31-27-22(17-28-16-21(25(29)30)20-10-3-4-11-23(20)28)18-8-7-9-19(15-18)32-24-12-5-6-13-26-24;/h3-13,15-16H,2,14,17H2,1H3,(H,29,30);/q;+1/p-1/b27-22+;. The van der Waals surface area contributed by atoms with Crippen LogP contribution in [0.2, 0.25) is 0 Å². The molecule has 0 unspecified atom stereocenters. The Morgan fingerprint density at radius 1 is 1.09 bits per heavy atom. The molecule has 0 N–H and O–H groups in total. The van der Waals surface area contributed by atoms with Gasteiger partial charge >= 0.3 is 29.6 Å². The molecule has 0 bridgehead atoms. The number of carbonyl (C=O) groups is 1. The van der Waals surface area contributed by atoms with Gasteiger partial charge in [0.2, 0.25) is 5.88 Å². The maximum absolute atomic E-state index is 11.6. The minimum absolute atomic E-state index is 0. The molecule has 8 heteroatoms. The van der Waals surface area contributed by atoms with Crippen molar-refractivity contribution in [3.05, 3.63) is 90.3 Å². The van der Waals surface area contributed by atoms with E-state index in [0.717, 1.165) is 17.5 Å². The fraction of sp³-hybridized carbons (Fsp3) is 0.160. The number of aromatic carboxylic acids is 1. The van der Waals surface area contributed by atoms with Crippen LogP contribution in [0.4, 0.5) is 0 Å². The Morgan fingerprint density at radius 3 is 2.67 bits per heavy atom. The molecule has 0 fully saturated rings. The van der Waals surface area contributed by atoms with Gasteiger partial charge in [-0.05, 0) is 30.7 Å². The maximum atomic E-state index is 11.6. The van der Waals surface area contributed by atoms with Gasteiger partial charge in [0.15, 0.2) is 0 Å². The smallest absolute Gasteiger partial charge is 0.545 e. The number of hydrogen-bond donors (Lipinski definition) is 0. The van der Waals surface area contributed by atoms with E-state index in [4.69, 9.17) is 9.57 Å². The number of para-hydroxylation sites is 1. The summed E-state index contributed by atoms with van der Waals surface area (Å²) < 4.78 is 7.69. The third-order valence-electron chi connectivity index (χ3n) is 4.83. The van der Waals surface area contributed by atoms with E-state index in [1.807, 2.05) is 60.0 Å². The normalized spacial score (nSPS) is 11.1. The third-order valence-corrected chi connectivity index (χ3v) is 4.83. The number of nitrogens with zero attached hydrogens (tertiary/aromatic N) is 3. The van der Waals surface area contributed by atoms with E-state index in [2.05, 4.69) is 10.1 Å². The predicted octanol–water partition coefficient (Wildman–Crippen LogP) is 1.03. The van der Waals surface area contributed by atoms with E-state index in [9.17, 15) is 9.90 Å². The quantitative estimate of drug-likeness (QED) is 0.164. The van der Waals surface area contributed by atoms with Crippen LogP contribution < -0.4 is 39.4 Å². The molecule has 0 saturated heterocycles. The molecule has 2 aromatic carbocycles. The van der Waals surface area contributed by atoms with Gasteiger partial charge in [-0.1, -0.05) is 48.5 Å². The zero-order valence-electron chi connectivity index (χ0n) is 18.6. The Bertz CT molecular complexity index is 1250. The van der Waals surface area contributed by atoms with E-state index >= 15 is 0 Å². The maximum Gasteiger partial charge on any atom is 1.00 e. The van der Waals surface area contributed by atoms with Crippen LogP contribution in [-0.4, -0.2) is 27.8 Å². The average molecular weight is 451 g/mol.